The lowest BCUT2D eigenvalue weighted by molar-refractivity contribution is 0.00155. The van der Waals surface area contributed by atoms with Crippen LogP contribution in [0.25, 0.3) is 0 Å². The highest BCUT2D eigenvalue weighted by Gasteiger charge is 2.33. The van der Waals surface area contributed by atoms with E-state index in [0.29, 0.717) is 12.0 Å². The molecule has 0 aromatic carbocycles. The first-order chi connectivity index (χ1) is 9.86. The van der Waals surface area contributed by atoms with Crippen LogP contribution in [0, 0.1) is 17.8 Å². The summed E-state index contributed by atoms with van der Waals surface area (Å²) in [6.45, 7) is 9.16. The van der Waals surface area contributed by atoms with Crippen molar-refractivity contribution in [2.24, 2.45) is 17.8 Å². The van der Waals surface area contributed by atoms with Crippen LogP contribution in [-0.4, -0.2) is 50.3 Å². The van der Waals surface area contributed by atoms with Crippen LogP contribution in [0.15, 0.2) is 0 Å². The van der Waals surface area contributed by atoms with Crippen LogP contribution in [0.3, 0.4) is 0 Å². The van der Waals surface area contributed by atoms with Crippen LogP contribution in [0.5, 0.6) is 0 Å². The van der Waals surface area contributed by atoms with Crippen LogP contribution in [0.1, 0.15) is 45.4 Å². The maximum absolute atomic E-state index is 5.74. The quantitative estimate of drug-likeness (QED) is 0.856. The SMILES string of the molecule is CCNC1CCOCC1CN1CCC2CCCCC2C1. The Bertz CT molecular complexity index is 295. The number of ether oxygens (including phenoxy) is 1. The number of hydrogen-bond acceptors (Lipinski definition) is 3. The molecule has 3 rings (SSSR count). The van der Waals surface area contributed by atoms with Gasteiger partial charge in [0.2, 0.25) is 0 Å². The van der Waals surface area contributed by atoms with Crippen LogP contribution in [0.4, 0.5) is 0 Å². The van der Waals surface area contributed by atoms with Gasteiger partial charge in [-0.25, -0.2) is 0 Å². The highest BCUT2D eigenvalue weighted by atomic mass is 16.5. The number of rotatable bonds is 4. The van der Waals surface area contributed by atoms with Crippen molar-refractivity contribution in [3.05, 3.63) is 0 Å². The number of fused-ring (bicyclic) bond motifs is 1. The van der Waals surface area contributed by atoms with E-state index < -0.39 is 0 Å². The van der Waals surface area contributed by atoms with Gasteiger partial charge in [0.15, 0.2) is 0 Å². The molecule has 2 saturated heterocycles. The lowest BCUT2D eigenvalue weighted by Crippen LogP contribution is -2.50. The Kier molecular flexibility index (Phi) is 5.36. The molecule has 3 fully saturated rings. The van der Waals surface area contributed by atoms with Crippen LogP contribution >= 0.6 is 0 Å². The van der Waals surface area contributed by atoms with E-state index in [1.807, 2.05) is 0 Å². The smallest absolute Gasteiger partial charge is 0.0521 e. The molecule has 2 aliphatic heterocycles. The van der Waals surface area contributed by atoms with E-state index in [-0.39, 0.29) is 0 Å². The highest BCUT2D eigenvalue weighted by Crippen LogP contribution is 2.36. The second kappa shape index (κ2) is 7.24. The van der Waals surface area contributed by atoms with Gasteiger partial charge in [-0.15, -0.1) is 0 Å². The summed E-state index contributed by atoms with van der Waals surface area (Å²) in [5.41, 5.74) is 0. The summed E-state index contributed by atoms with van der Waals surface area (Å²) in [6, 6.07) is 0.679. The molecule has 2 heterocycles. The fraction of sp³-hybridized carbons (Fsp3) is 1.00. The van der Waals surface area contributed by atoms with Gasteiger partial charge < -0.3 is 15.0 Å². The van der Waals surface area contributed by atoms with Crippen molar-refractivity contribution < 1.29 is 4.74 Å². The first kappa shape index (κ1) is 14.8. The Labute approximate surface area is 124 Å². The molecule has 1 N–H and O–H groups in total. The minimum atomic E-state index is 0.679. The van der Waals surface area contributed by atoms with Crippen molar-refractivity contribution in [3.8, 4) is 0 Å². The summed E-state index contributed by atoms with van der Waals surface area (Å²) >= 11 is 0. The Morgan fingerprint density at radius 1 is 1.10 bits per heavy atom. The minimum Gasteiger partial charge on any atom is -0.381 e. The van der Waals surface area contributed by atoms with Crippen LogP contribution in [0.2, 0.25) is 0 Å². The van der Waals surface area contributed by atoms with Crippen molar-refractivity contribution in [1.29, 1.82) is 0 Å². The molecule has 3 aliphatic rings. The predicted molar refractivity (Wildman–Crippen MR) is 82.9 cm³/mol. The number of hydrogen-bond donors (Lipinski definition) is 1. The molecule has 0 spiro atoms. The van der Waals surface area contributed by atoms with E-state index in [1.165, 1.54) is 58.2 Å². The first-order valence-electron chi connectivity index (χ1n) is 8.90. The monoisotopic (exact) mass is 280 g/mol. The van der Waals surface area contributed by atoms with Gasteiger partial charge in [-0.1, -0.05) is 26.2 Å². The third-order valence-corrected chi connectivity index (χ3v) is 5.81. The highest BCUT2D eigenvalue weighted by molar-refractivity contribution is 4.87. The van der Waals surface area contributed by atoms with Gasteiger partial charge >= 0.3 is 0 Å². The number of piperidine rings is 1. The van der Waals surface area contributed by atoms with E-state index in [0.717, 1.165) is 31.6 Å². The van der Waals surface area contributed by atoms with E-state index in [9.17, 15) is 0 Å². The fourth-order valence-electron chi connectivity index (χ4n) is 4.68. The molecule has 1 aliphatic carbocycles. The molecule has 4 unspecified atom stereocenters. The molecule has 20 heavy (non-hydrogen) atoms. The third-order valence-electron chi connectivity index (χ3n) is 5.81. The van der Waals surface area contributed by atoms with Gasteiger partial charge in [-0.3, -0.25) is 0 Å². The molecular weight excluding hydrogens is 248 g/mol. The zero-order valence-corrected chi connectivity index (χ0v) is 13.2. The summed E-state index contributed by atoms with van der Waals surface area (Å²) < 4.78 is 5.74. The largest absolute Gasteiger partial charge is 0.381 e. The molecule has 0 amide bonds. The molecule has 4 atom stereocenters. The Balaban J connectivity index is 1.51. The number of nitrogens with one attached hydrogen (secondary N) is 1. The van der Waals surface area contributed by atoms with Gasteiger partial charge in [0.25, 0.3) is 0 Å². The maximum Gasteiger partial charge on any atom is 0.0521 e. The molecule has 0 aromatic heterocycles. The van der Waals surface area contributed by atoms with Crippen molar-refractivity contribution in [3.63, 3.8) is 0 Å². The van der Waals surface area contributed by atoms with Gasteiger partial charge in [-0.2, -0.15) is 0 Å². The van der Waals surface area contributed by atoms with E-state index in [2.05, 4.69) is 17.1 Å². The summed E-state index contributed by atoms with van der Waals surface area (Å²) in [5, 5.41) is 3.67. The number of nitrogens with zero attached hydrogens (tertiary/aromatic N) is 1. The maximum atomic E-state index is 5.74. The summed E-state index contributed by atoms with van der Waals surface area (Å²) in [7, 11) is 0. The van der Waals surface area contributed by atoms with Gasteiger partial charge in [0, 0.05) is 31.7 Å². The first-order valence-corrected chi connectivity index (χ1v) is 8.90. The van der Waals surface area contributed by atoms with Gasteiger partial charge in [0.1, 0.15) is 0 Å². The normalized spacial score (nSPS) is 39.5. The molecule has 3 nitrogen and oxygen atoms in total. The lowest BCUT2D eigenvalue weighted by atomic mass is 9.75. The summed E-state index contributed by atoms with van der Waals surface area (Å²) in [6.07, 6.45) is 8.59. The minimum absolute atomic E-state index is 0.679. The average molecular weight is 280 g/mol. The molecular formula is C17H32N2O. The van der Waals surface area contributed by atoms with Crippen LogP contribution in [-0.2, 0) is 4.74 Å². The molecule has 0 radical (unpaired) electrons. The Morgan fingerprint density at radius 3 is 2.80 bits per heavy atom. The molecule has 3 heteroatoms. The topological polar surface area (TPSA) is 24.5 Å². The van der Waals surface area contributed by atoms with E-state index >= 15 is 0 Å². The Hall–Kier alpha value is -0.120. The van der Waals surface area contributed by atoms with Crippen molar-refractivity contribution >= 4 is 0 Å². The third kappa shape index (κ3) is 3.55. The van der Waals surface area contributed by atoms with Gasteiger partial charge in [-0.05, 0) is 44.2 Å². The molecule has 0 aromatic rings. The second-order valence-electron chi connectivity index (χ2n) is 7.14. The van der Waals surface area contributed by atoms with Gasteiger partial charge in [0.05, 0.1) is 6.61 Å². The zero-order valence-electron chi connectivity index (χ0n) is 13.2. The van der Waals surface area contributed by atoms with Crippen LogP contribution < -0.4 is 5.32 Å². The average Bonchev–Trinajstić information content (AvgIpc) is 2.49. The zero-order chi connectivity index (χ0) is 13.8. The standard InChI is InChI=1S/C17H32N2O/c1-2-18-17-8-10-20-13-16(17)12-19-9-7-14-5-3-4-6-15(14)11-19/h14-18H,2-13H2,1H3. The van der Waals surface area contributed by atoms with E-state index in [1.54, 1.807) is 0 Å². The van der Waals surface area contributed by atoms with E-state index in [4.69, 9.17) is 4.74 Å². The fourth-order valence-corrected chi connectivity index (χ4v) is 4.68. The molecule has 0 bridgehead atoms. The summed E-state index contributed by atoms with van der Waals surface area (Å²) in [5.74, 6) is 2.75. The van der Waals surface area contributed by atoms with Crippen molar-refractivity contribution in [2.45, 2.75) is 51.5 Å². The second-order valence-corrected chi connectivity index (χ2v) is 7.14. The predicted octanol–water partition coefficient (Wildman–Crippen LogP) is 2.51. The molecule has 116 valence electrons. The molecule has 1 saturated carbocycles. The van der Waals surface area contributed by atoms with Crippen molar-refractivity contribution in [1.82, 2.24) is 10.2 Å². The van der Waals surface area contributed by atoms with Crippen molar-refractivity contribution in [2.75, 3.05) is 39.4 Å². The summed E-state index contributed by atoms with van der Waals surface area (Å²) in [4.78, 5) is 2.75. The lowest BCUT2D eigenvalue weighted by Gasteiger charge is -2.43. The number of likely N-dealkylation sites (tertiary alicyclic amines) is 1. The Morgan fingerprint density at radius 2 is 1.95 bits per heavy atom.